The summed E-state index contributed by atoms with van der Waals surface area (Å²) in [7, 11) is 0. The first-order valence-corrected chi connectivity index (χ1v) is 6.12. The summed E-state index contributed by atoms with van der Waals surface area (Å²) in [5, 5.41) is 2.63. The van der Waals surface area contributed by atoms with Crippen LogP contribution in [0.4, 0.5) is 9.18 Å². The second-order valence-electron chi connectivity index (χ2n) is 5.04. The van der Waals surface area contributed by atoms with Gasteiger partial charge in [0.25, 0.3) is 0 Å². The second-order valence-corrected chi connectivity index (χ2v) is 5.04. The largest absolute Gasteiger partial charge is 0.439 e. The van der Waals surface area contributed by atoms with E-state index in [1.165, 1.54) is 12.1 Å². The van der Waals surface area contributed by atoms with Gasteiger partial charge in [0.05, 0.1) is 6.04 Å². The van der Waals surface area contributed by atoms with Crippen molar-refractivity contribution in [1.29, 1.82) is 0 Å². The minimum Gasteiger partial charge on any atom is -0.439 e. The van der Waals surface area contributed by atoms with E-state index in [1.807, 2.05) is 6.92 Å². The van der Waals surface area contributed by atoms with E-state index in [4.69, 9.17) is 4.74 Å². The van der Waals surface area contributed by atoms with Gasteiger partial charge in [-0.1, -0.05) is 32.9 Å². The molecule has 1 aliphatic heterocycles. The van der Waals surface area contributed by atoms with Gasteiger partial charge in [-0.2, -0.15) is 0 Å². The lowest BCUT2D eigenvalue weighted by atomic mass is 10.0. The molecule has 0 radical (unpaired) electrons. The molecule has 0 aromatic heterocycles. The fraction of sp³-hybridized carbons (Fsp3) is 0.500. The van der Waals surface area contributed by atoms with Crippen LogP contribution in [0.15, 0.2) is 24.3 Å². The number of alkyl carbamates (subject to hydrolysis) is 1. The van der Waals surface area contributed by atoms with Gasteiger partial charge >= 0.3 is 6.09 Å². The number of hydrogen-bond acceptors (Lipinski definition) is 2. The second kappa shape index (κ2) is 6.38. The fourth-order valence-corrected chi connectivity index (χ4v) is 1.52. The smallest absolute Gasteiger partial charge is 0.408 e. The Morgan fingerprint density at radius 2 is 1.72 bits per heavy atom. The van der Waals surface area contributed by atoms with E-state index in [9.17, 15) is 9.18 Å². The summed E-state index contributed by atoms with van der Waals surface area (Å²) in [5.41, 5.74) is 0.803. The normalized spacial score (nSPS) is 22.0. The Balaban J connectivity index is 0.000000357. The Hall–Kier alpha value is -1.58. The molecule has 1 fully saturated rings. The molecule has 1 aliphatic rings. The number of benzene rings is 1. The molecule has 100 valence electrons. The first-order chi connectivity index (χ1) is 8.40. The Kier molecular flexibility index (Phi) is 5.13. The quantitative estimate of drug-likeness (QED) is 0.829. The number of cyclic esters (lactones) is 1. The lowest BCUT2D eigenvalue weighted by Crippen LogP contribution is -2.23. The highest BCUT2D eigenvalue weighted by atomic mass is 19.1. The zero-order valence-electron chi connectivity index (χ0n) is 11.2. The van der Waals surface area contributed by atoms with Crippen LogP contribution < -0.4 is 5.32 Å². The molecule has 1 amide bonds. The molecule has 4 heteroatoms. The summed E-state index contributed by atoms with van der Waals surface area (Å²) in [6, 6.07) is 5.88. The van der Waals surface area contributed by atoms with Gasteiger partial charge < -0.3 is 10.1 Å². The van der Waals surface area contributed by atoms with E-state index in [0.717, 1.165) is 11.5 Å². The summed E-state index contributed by atoms with van der Waals surface area (Å²) >= 11 is 0. The van der Waals surface area contributed by atoms with Gasteiger partial charge in [0, 0.05) is 0 Å². The molecular weight excluding hydrogens is 233 g/mol. The molecule has 0 aliphatic carbocycles. The molecule has 0 saturated carbocycles. The van der Waals surface area contributed by atoms with Gasteiger partial charge in [0.15, 0.2) is 0 Å². The van der Waals surface area contributed by atoms with E-state index >= 15 is 0 Å². The third kappa shape index (κ3) is 4.35. The van der Waals surface area contributed by atoms with Crippen molar-refractivity contribution in [3.8, 4) is 0 Å². The molecule has 1 N–H and O–H groups in total. The molecule has 0 bridgehead atoms. The van der Waals surface area contributed by atoms with Crippen molar-refractivity contribution in [2.24, 2.45) is 5.92 Å². The minimum atomic E-state index is -0.424. The van der Waals surface area contributed by atoms with Gasteiger partial charge in [0.1, 0.15) is 11.9 Å². The number of carbonyl (C=O) groups is 1. The zero-order valence-corrected chi connectivity index (χ0v) is 11.2. The first kappa shape index (κ1) is 14.5. The molecule has 2 atom stereocenters. The number of nitrogens with one attached hydrogen (secondary N) is 1. The highest BCUT2D eigenvalue weighted by Crippen LogP contribution is 2.25. The van der Waals surface area contributed by atoms with Gasteiger partial charge in [-0.25, -0.2) is 9.18 Å². The molecule has 1 unspecified atom stereocenters. The molecule has 18 heavy (non-hydrogen) atoms. The third-order valence-corrected chi connectivity index (χ3v) is 2.23. The number of carbonyl (C=O) groups excluding carboxylic acids is 1. The maximum Gasteiger partial charge on any atom is 0.408 e. The Bertz CT molecular complexity index is 387. The molecule has 1 aromatic carbocycles. The van der Waals surface area contributed by atoms with E-state index < -0.39 is 6.09 Å². The van der Waals surface area contributed by atoms with E-state index in [-0.39, 0.29) is 18.0 Å². The van der Waals surface area contributed by atoms with Gasteiger partial charge in [-0.05, 0) is 30.5 Å². The Morgan fingerprint density at radius 3 is 2.11 bits per heavy atom. The van der Waals surface area contributed by atoms with Crippen LogP contribution in [0.2, 0.25) is 0 Å². The first-order valence-electron chi connectivity index (χ1n) is 6.12. The number of ether oxygens (including phenoxy) is 1. The van der Waals surface area contributed by atoms with E-state index in [0.29, 0.717) is 0 Å². The summed E-state index contributed by atoms with van der Waals surface area (Å²) in [5.74, 6) is 0.540. The van der Waals surface area contributed by atoms with Crippen molar-refractivity contribution < 1.29 is 13.9 Å². The van der Waals surface area contributed by atoms with Crippen LogP contribution in [0.25, 0.3) is 0 Å². The molecule has 1 aromatic rings. The number of rotatable bonds is 1. The van der Waals surface area contributed by atoms with Crippen molar-refractivity contribution in [2.45, 2.75) is 39.8 Å². The monoisotopic (exact) mass is 253 g/mol. The topological polar surface area (TPSA) is 38.3 Å². The van der Waals surface area contributed by atoms with Crippen LogP contribution in [-0.2, 0) is 4.74 Å². The van der Waals surface area contributed by atoms with Gasteiger partial charge in [0.2, 0.25) is 0 Å². The molecule has 1 heterocycles. The van der Waals surface area contributed by atoms with Crippen molar-refractivity contribution in [2.75, 3.05) is 0 Å². The number of hydrogen-bond donors (Lipinski definition) is 1. The summed E-state index contributed by atoms with van der Waals surface area (Å²) in [4.78, 5) is 10.9. The van der Waals surface area contributed by atoms with Crippen LogP contribution >= 0.6 is 0 Å². The molecule has 1 saturated heterocycles. The minimum absolute atomic E-state index is 0.0760. The maximum absolute atomic E-state index is 12.6. The van der Waals surface area contributed by atoms with Crippen LogP contribution in [0.3, 0.4) is 0 Å². The predicted molar refractivity (Wildman–Crippen MR) is 68.7 cm³/mol. The lowest BCUT2D eigenvalue weighted by molar-refractivity contribution is 0.134. The van der Waals surface area contributed by atoms with Crippen LogP contribution in [0.5, 0.6) is 0 Å². The molecular formula is C14H20FNO2. The zero-order chi connectivity index (χ0) is 13.7. The molecule has 3 nitrogen and oxygen atoms in total. The SMILES string of the molecule is CC(C)C.C[C@H]1NC(=O)OC1c1ccc(F)cc1. The highest BCUT2D eigenvalue weighted by molar-refractivity contribution is 5.70. The summed E-state index contributed by atoms with van der Waals surface area (Å²) in [6.07, 6.45) is -0.741. The van der Waals surface area contributed by atoms with Crippen molar-refractivity contribution in [1.82, 2.24) is 5.32 Å². The van der Waals surface area contributed by atoms with Gasteiger partial charge in [-0.15, -0.1) is 0 Å². The van der Waals surface area contributed by atoms with Crippen LogP contribution in [-0.4, -0.2) is 12.1 Å². The molecule has 2 rings (SSSR count). The fourth-order valence-electron chi connectivity index (χ4n) is 1.52. The van der Waals surface area contributed by atoms with Crippen molar-refractivity contribution in [3.05, 3.63) is 35.6 Å². The number of amides is 1. The van der Waals surface area contributed by atoms with Crippen LogP contribution in [0.1, 0.15) is 39.4 Å². The molecule has 0 spiro atoms. The van der Waals surface area contributed by atoms with Crippen LogP contribution in [0, 0.1) is 11.7 Å². The third-order valence-electron chi connectivity index (χ3n) is 2.23. The maximum atomic E-state index is 12.6. The Labute approximate surface area is 107 Å². The van der Waals surface area contributed by atoms with Gasteiger partial charge in [-0.3, -0.25) is 0 Å². The van der Waals surface area contributed by atoms with Crippen molar-refractivity contribution in [3.63, 3.8) is 0 Å². The van der Waals surface area contributed by atoms with E-state index in [1.54, 1.807) is 12.1 Å². The van der Waals surface area contributed by atoms with E-state index in [2.05, 4.69) is 26.1 Å². The number of halogens is 1. The lowest BCUT2D eigenvalue weighted by Gasteiger charge is -2.12. The average molecular weight is 253 g/mol. The summed E-state index contributed by atoms with van der Waals surface area (Å²) in [6.45, 7) is 8.35. The standard InChI is InChI=1S/C10H10FNO2.C4H10/c1-6-9(14-10(13)12-6)7-2-4-8(11)5-3-7;1-4(2)3/h2-6,9H,1H3,(H,12,13);4H,1-3H3/t6-,9?;/m1./s1. The average Bonchev–Trinajstić information content (AvgIpc) is 2.58. The van der Waals surface area contributed by atoms with Crippen molar-refractivity contribution >= 4 is 6.09 Å². The predicted octanol–water partition coefficient (Wildman–Crippen LogP) is 3.66. The summed E-state index contributed by atoms with van der Waals surface area (Å²) < 4.78 is 17.7. The highest BCUT2D eigenvalue weighted by Gasteiger charge is 2.31. The Morgan fingerprint density at radius 1 is 1.22 bits per heavy atom.